The van der Waals surface area contributed by atoms with E-state index in [0.29, 0.717) is 23.0 Å². The summed E-state index contributed by atoms with van der Waals surface area (Å²) < 4.78 is 0.686. The van der Waals surface area contributed by atoms with Crippen molar-refractivity contribution in [3.63, 3.8) is 0 Å². The van der Waals surface area contributed by atoms with Crippen LogP contribution in [0, 0.1) is 11.8 Å². The maximum atomic E-state index is 12.2. The molecule has 0 aromatic carbocycles. The number of nitrogens with zero attached hydrogens (tertiary/aromatic N) is 1. The first kappa shape index (κ1) is 14.0. The molecule has 1 aliphatic rings. The third kappa shape index (κ3) is 3.32. The van der Waals surface area contributed by atoms with E-state index in [9.17, 15) is 14.7 Å². The first-order valence-corrected chi connectivity index (χ1v) is 7.02. The molecule has 2 N–H and O–H groups in total. The molecule has 0 aliphatic heterocycles. The summed E-state index contributed by atoms with van der Waals surface area (Å²) in [5.74, 6) is -2.13. The number of amides is 1. The van der Waals surface area contributed by atoms with Gasteiger partial charge in [0.25, 0.3) is 0 Å². The summed E-state index contributed by atoms with van der Waals surface area (Å²) in [5, 5.41) is 12.0. The number of carboxylic acids is 1. The van der Waals surface area contributed by atoms with Crippen molar-refractivity contribution in [1.82, 2.24) is 4.98 Å². The van der Waals surface area contributed by atoms with Crippen molar-refractivity contribution in [2.24, 2.45) is 11.8 Å². The van der Waals surface area contributed by atoms with Crippen molar-refractivity contribution >= 4 is 33.5 Å². The maximum absolute atomic E-state index is 12.2. The van der Waals surface area contributed by atoms with Crippen LogP contribution in [0.1, 0.15) is 25.7 Å². The molecule has 0 bridgehead atoms. The Kier molecular flexibility index (Phi) is 4.52. The van der Waals surface area contributed by atoms with Gasteiger partial charge in [-0.1, -0.05) is 12.8 Å². The molecule has 2 atom stereocenters. The van der Waals surface area contributed by atoms with Crippen molar-refractivity contribution in [1.29, 1.82) is 0 Å². The molecule has 0 spiro atoms. The van der Waals surface area contributed by atoms with Crippen LogP contribution >= 0.6 is 15.9 Å². The Morgan fingerprint density at radius 2 is 2.00 bits per heavy atom. The lowest BCUT2D eigenvalue weighted by Crippen LogP contribution is -2.36. The third-order valence-electron chi connectivity index (χ3n) is 3.45. The quantitative estimate of drug-likeness (QED) is 0.894. The van der Waals surface area contributed by atoms with Crippen LogP contribution in [0.2, 0.25) is 0 Å². The zero-order valence-electron chi connectivity index (χ0n) is 10.3. The lowest BCUT2D eigenvalue weighted by molar-refractivity contribution is -0.147. The lowest BCUT2D eigenvalue weighted by atomic mass is 9.78. The molecule has 1 heterocycles. The van der Waals surface area contributed by atoms with Crippen LogP contribution < -0.4 is 5.32 Å². The lowest BCUT2D eigenvalue weighted by Gasteiger charge is -2.27. The molecule has 102 valence electrons. The Balaban J connectivity index is 2.10. The van der Waals surface area contributed by atoms with Gasteiger partial charge in [-0.05, 0) is 34.8 Å². The Bertz CT molecular complexity index is 493. The molecule has 19 heavy (non-hydrogen) atoms. The number of carboxylic acid groups (broad SMARTS) is 1. The fourth-order valence-corrected chi connectivity index (χ4v) is 2.79. The summed E-state index contributed by atoms with van der Waals surface area (Å²) in [6.45, 7) is 0. The fourth-order valence-electron chi connectivity index (χ4n) is 2.44. The molecule has 1 aromatic rings. The minimum atomic E-state index is -0.881. The summed E-state index contributed by atoms with van der Waals surface area (Å²) in [6.07, 6.45) is 6.15. The SMILES string of the molecule is O=C(O)C1CCCCC1C(=O)Nc1ccncc1Br. The number of aliphatic carboxylic acids is 1. The van der Waals surface area contributed by atoms with E-state index in [2.05, 4.69) is 26.2 Å². The molecule has 1 fully saturated rings. The van der Waals surface area contributed by atoms with E-state index in [1.165, 1.54) is 0 Å². The van der Waals surface area contributed by atoms with Crippen molar-refractivity contribution in [2.75, 3.05) is 5.32 Å². The van der Waals surface area contributed by atoms with Crippen LogP contribution in [0.15, 0.2) is 22.9 Å². The largest absolute Gasteiger partial charge is 0.481 e. The minimum absolute atomic E-state index is 0.223. The van der Waals surface area contributed by atoms with E-state index in [1.54, 1.807) is 18.5 Å². The summed E-state index contributed by atoms with van der Waals surface area (Å²) >= 11 is 3.30. The van der Waals surface area contributed by atoms with Crippen molar-refractivity contribution < 1.29 is 14.7 Å². The predicted molar refractivity (Wildman–Crippen MR) is 73.7 cm³/mol. The average Bonchev–Trinajstić information content (AvgIpc) is 2.41. The van der Waals surface area contributed by atoms with Gasteiger partial charge in [0.2, 0.25) is 5.91 Å². The average molecular weight is 327 g/mol. The molecule has 0 radical (unpaired) electrons. The monoisotopic (exact) mass is 326 g/mol. The molecular weight excluding hydrogens is 312 g/mol. The smallest absolute Gasteiger partial charge is 0.307 e. The molecule has 6 heteroatoms. The second-order valence-corrected chi connectivity index (χ2v) is 5.53. The van der Waals surface area contributed by atoms with Gasteiger partial charge in [0.05, 0.1) is 22.0 Å². The Morgan fingerprint density at radius 1 is 1.32 bits per heavy atom. The molecule has 2 rings (SSSR count). The van der Waals surface area contributed by atoms with E-state index in [4.69, 9.17) is 0 Å². The molecule has 1 aliphatic carbocycles. The van der Waals surface area contributed by atoms with Crippen LogP contribution in [-0.4, -0.2) is 22.0 Å². The number of rotatable bonds is 3. The second-order valence-electron chi connectivity index (χ2n) is 4.68. The van der Waals surface area contributed by atoms with Crippen molar-refractivity contribution in [2.45, 2.75) is 25.7 Å². The highest BCUT2D eigenvalue weighted by Crippen LogP contribution is 2.32. The number of hydrogen-bond acceptors (Lipinski definition) is 3. The first-order chi connectivity index (χ1) is 9.09. The van der Waals surface area contributed by atoms with E-state index in [1.807, 2.05) is 0 Å². The molecule has 0 saturated heterocycles. The summed E-state index contributed by atoms with van der Waals surface area (Å²) in [5.41, 5.74) is 0.620. The topological polar surface area (TPSA) is 79.3 Å². The van der Waals surface area contributed by atoms with Crippen molar-refractivity contribution in [3.8, 4) is 0 Å². The Morgan fingerprint density at radius 3 is 2.63 bits per heavy atom. The van der Waals surface area contributed by atoms with Crippen LogP contribution in [0.5, 0.6) is 0 Å². The van der Waals surface area contributed by atoms with Gasteiger partial charge in [0.15, 0.2) is 0 Å². The first-order valence-electron chi connectivity index (χ1n) is 6.23. The van der Waals surface area contributed by atoms with Crippen LogP contribution in [0.4, 0.5) is 5.69 Å². The zero-order valence-corrected chi connectivity index (χ0v) is 11.9. The van der Waals surface area contributed by atoms with Gasteiger partial charge < -0.3 is 10.4 Å². The van der Waals surface area contributed by atoms with Crippen LogP contribution in [0.25, 0.3) is 0 Å². The number of carbonyl (C=O) groups is 2. The molecule has 2 unspecified atom stereocenters. The van der Waals surface area contributed by atoms with Gasteiger partial charge in [-0.15, -0.1) is 0 Å². The molecule has 1 saturated carbocycles. The fraction of sp³-hybridized carbons (Fsp3) is 0.462. The number of nitrogens with one attached hydrogen (secondary N) is 1. The number of halogens is 1. The van der Waals surface area contributed by atoms with Gasteiger partial charge in [-0.25, -0.2) is 0 Å². The molecule has 1 aromatic heterocycles. The van der Waals surface area contributed by atoms with Crippen LogP contribution in [-0.2, 0) is 9.59 Å². The molecule has 1 amide bonds. The van der Waals surface area contributed by atoms with Crippen molar-refractivity contribution in [3.05, 3.63) is 22.9 Å². The number of pyridine rings is 1. The van der Waals surface area contributed by atoms with Gasteiger partial charge in [0.1, 0.15) is 0 Å². The second kappa shape index (κ2) is 6.14. The summed E-state index contributed by atoms with van der Waals surface area (Å²) in [7, 11) is 0. The van der Waals surface area contributed by atoms with E-state index >= 15 is 0 Å². The zero-order chi connectivity index (χ0) is 13.8. The van der Waals surface area contributed by atoms with Crippen LogP contribution in [0.3, 0.4) is 0 Å². The normalized spacial score (nSPS) is 22.8. The van der Waals surface area contributed by atoms with Gasteiger partial charge in [0, 0.05) is 12.4 Å². The van der Waals surface area contributed by atoms with Gasteiger partial charge in [-0.2, -0.15) is 0 Å². The minimum Gasteiger partial charge on any atom is -0.481 e. The Hall–Kier alpha value is -1.43. The predicted octanol–water partition coefficient (Wildman–Crippen LogP) is 2.67. The summed E-state index contributed by atoms with van der Waals surface area (Å²) in [4.78, 5) is 27.3. The Labute approximate surface area is 119 Å². The highest BCUT2D eigenvalue weighted by molar-refractivity contribution is 9.10. The van der Waals surface area contributed by atoms with Gasteiger partial charge in [-0.3, -0.25) is 14.6 Å². The standard InChI is InChI=1S/C13H15BrN2O3/c14-10-7-15-6-5-11(10)16-12(17)8-3-1-2-4-9(8)13(18)19/h5-9H,1-4H2,(H,18,19)(H,15,16,17). The van der Waals surface area contributed by atoms with Gasteiger partial charge >= 0.3 is 5.97 Å². The van der Waals surface area contributed by atoms with E-state index in [0.717, 1.165) is 12.8 Å². The molecule has 5 nitrogen and oxygen atoms in total. The molecular formula is C13H15BrN2O3. The maximum Gasteiger partial charge on any atom is 0.307 e. The number of hydrogen-bond donors (Lipinski definition) is 2. The summed E-state index contributed by atoms with van der Waals surface area (Å²) in [6, 6.07) is 1.68. The van der Waals surface area contributed by atoms with E-state index < -0.39 is 17.8 Å². The number of aromatic nitrogens is 1. The highest BCUT2D eigenvalue weighted by Gasteiger charge is 2.35. The van der Waals surface area contributed by atoms with E-state index in [-0.39, 0.29) is 5.91 Å². The number of anilines is 1. The highest BCUT2D eigenvalue weighted by atomic mass is 79.9. The third-order valence-corrected chi connectivity index (χ3v) is 4.08. The number of carbonyl (C=O) groups excluding carboxylic acids is 1.